The second-order valence-corrected chi connectivity index (χ2v) is 2.88. The van der Waals surface area contributed by atoms with Crippen molar-refractivity contribution in [3.05, 3.63) is 0 Å². The topological polar surface area (TPSA) is 17.1 Å². The van der Waals surface area contributed by atoms with Gasteiger partial charge < -0.3 is 0 Å². The van der Waals surface area contributed by atoms with Crippen molar-refractivity contribution in [3.8, 4) is 0 Å². The number of rotatable bonds is 3. The summed E-state index contributed by atoms with van der Waals surface area (Å²) in [7, 11) is 0. The van der Waals surface area contributed by atoms with Gasteiger partial charge in [0.1, 0.15) is 5.78 Å². The lowest BCUT2D eigenvalue weighted by Crippen LogP contribution is -1.98. The Morgan fingerprint density at radius 2 is 2.25 bits per heavy atom. The summed E-state index contributed by atoms with van der Waals surface area (Å²) >= 11 is 3.12. The number of halogens is 1. The largest absolute Gasteiger partial charge is 0.299 e. The van der Waals surface area contributed by atoms with Gasteiger partial charge in [0.05, 0.1) is 5.33 Å². The molecule has 1 aliphatic carbocycles. The Hall–Kier alpha value is 0.150. The Bertz CT molecular complexity index is 96.7. The molecule has 0 atom stereocenters. The van der Waals surface area contributed by atoms with Gasteiger partial charge in [0.25, 0.3) is 0 Å². The average Bonchev–Trinajstić information content (AvgIpc) is 2.50. The summed E-state index contributed by atoms with van der Waals surface area (Å²) in [4.78, 5) is 10.6. The molecule has 0 spiro atoms. The van der Waals surface area contributed by atoms with Gasteiger partial charge in [0, 0.05) is 6.42 Å². The maximum absolute atomic E-state index is 10.6. The highest BCUT2D eigenvalue weighted by Crippen LogP contribution is 2.32. The van der Waals surface area contributed by atoms with Crippen molar-refractivity contribution in [2.75, 3.05) is 5.33 Å². The quantitative estimate of drug-likeness (QED) is 0.600. The molecule has 0 radical (unpaired) electrons. The molecule has 1 fully saturated rings. The van der Waals surface area contributed by atoms with Gasteiger partial charge in [-0.25, -0.2) is 0 Å². The Kier molecular flexibility index (Phi) is 2.06. The van der Waals surface area contributed by atoms with Crippen LogP contribution in [-0.4, -0.2) is 11.1 Å². The first-order valence-electron chi connectivity index (χ1n) is 2.90. The predicted octanol–water partition coefficient (Wildman–Crippen LogP) is 1.75. The van der Waals surface area contributed by atoms with Crippen molar-refractivity contribution < 1.29 is 4.79 Å². The minimum atomic E-state index is 0.354. The first kappa shape index (κ1) is 6.27. The Morgan fingerprint density at radius 3 is 2.62 bits per heavy atom. The number of ketones is 1. The van der Waals surface area contributed by atoms with Gasteiger partial charge in [-0.1, -0.05) is 15.9 Å². The van der Waals surface area contributed by atoms with Gasteiger partial charge in [0.2, 0.25) is 0 Å². The van der Waals surface area contributed by atoms with E-state index in [9.17, 15) is 4.79 Å². The molecular weight excluding hydrogens is 168 g/mol. The van der Waals surface area contributed by atoms with E-state index < -0.39 is 0 Å². The van der Waals surface area contributed by atoms with Crippen LogP contribution in [0, 0.1) is 5.92 Å². The molecule has 0 saturated heterocycles. The zero-order valence-corrected chi connectivity index (χ0v) is 6.28. The van der Waals surface area contributed by atoms with Crippen LogP contribution < -0.4 is 0 Å². The molecule has 0 N–H and O–H groups in total. The highest BCUT2D eigenvalue weighted by molar-refractivity contribution is 9.09. The lowest BCUT2D eigenvalue weighted by atomic mass is 10.2. The minimum absolute atomic E-state index is 0.354. The lowest BCUT2D eigenvalue weighted by molar-refractivity contribution is -0.116. The van der Waals surface area contributed by atoms with E-state index in [0.29, 0.717) is 11.1 Å². The maximum Gasteiger partial charge on any atom is 0.143 e. The van der Waals surface area contributed by atoms with E-state index in [-0.39, 0.29) is 0 Å². The zero-order valence-electron chi connectivity index (χ0n) is 4.69. The van der Waals surface area contributed by atoms with Gasteiger partial charge >= 0.3 is 0 Å². The molecule has 46 valence electrons. The van der Waals surface area contributed by atoms with Crippen LogP contribution in [0.15, 0.2) is 0 Å². The van der Waals surface area contributed by atoms with Gasteiger partial charge in [-0.3, -0.25) is 4.79 Å². The average molecular weight is 177 g/mol. The monoisotopic (exact) mass is 176 g/mol. The van der Waals surface area contributed by atoms with E-state index >= 15 is 0 Å². The van der Waals surface area contributed by atoms with Crippen molar-refractivity contribution in [1.29, 1.82) is 0 Å². The van der Waals surface area contributed by atoms with Crippen LogP contribution in [0.1, 0.15) is 19.3 Å². The molecule has 0 amide bonds. The van der Waals surface area contributed by atoms with Crippen LogP contribution in [0.5, 0.6) is 0 Å². The summed E-state index contributed by atoms with van der Waals surface area (Å²) in [6.07, 6.45) is 3.36. The number of Topliss-reactive ketones (excluding diaryl/α,β-unsaturated/α-hetero) is 1. The van der Waals surface area contributed by atoms with E-state index in [0.717, 1.165) is 12.3 Å². The molecular formula is C6H9BrO. The third-order valence-electron chi connectivity index (χ3n) is 1.36. The maximum atomic E-state index is 10.6. The summed E-state index contributed by atoms with van der Waals surface area (Å²) in [5.74, 6) is 1.10. The highest BCUT2D eigenvalue weighted by atomic mass is 79.9. The SMILES string of the molecule is O=C(CBr)CC1CC1. The van der Waals surface area contributed by atoms with Crippen molar-refractivity contribution in [1.82, 2.24) is 0 Å². The van der Waals surface area contributed by atoms with E-state index in [1.54, 1.807) is 0 Å². The standard InChI is InChI=1S/C6H9BrO/c7-4-6(8)3-5-1-2-5/h5H,1-4H2. The first-order chi connectivity index (χ1) is 3.83. The fourth-order valence-electron chi connectivity index (χ4n) is 0.699. The molecule has 1 saturated carbocycles. The lowest BCUT2D eigenvalue weighted by Gasteiger charge is -1.88. The van der Waals surface area contributed by atoms with Crippen LogP contribution in [0.3, 0.4) is 0 Å². The Morgan fingerprint density at radius 1 is 1.62 bits per heavy atom. The van der Waals surface area contributed by atoms with Crippen LogP contribution in [0.25, 0.3) is 0 Å². The normalized spacial score (nSPS) is 18.6. The molecule has 0 bridgehead atoms. The molecule has 1 nitrogen and oxygen atoms in total. The third kappa shape index (κ3) is 1.95. The van der Waals surface area contributed by atoms with Gasteiger partial charge in [-0.15, -0.1) is 0 Å². The molecule has 0 aromatic carbocycles. The number of carbonyl (C=O) groups excluding carboxylic acids is 1. The summed E-state index contributed by atoms with van der Waals surface area (Å²) in [6, 6.07) is 0. The predicted molar refractivity (Wildman–Crippen MR) is 36.1 cm³/mol. The van der Waals surface area contributed by atoms with E-state index in [1.165, 1.54) is 12.8 Å². The second kappa shape index (κ2) is 2.62. The molecule has 0 aromatic rings. The van der Waals surface area contributed by atoms with E-state index in [4.69, 9.17) is 0 Å². The Balaban J connectivity index is 2.07. The van der Waals surface area contributed by atoms with Crippen LogP contribution in [0.4, 0.5) is 0 Å². The fourth-order valence-corrected chi connectivity index (χ4v) is 0.927. The van der Waals surface area contributed by atoms with Crippen LogP contribution in [0.2, 0.25) is 0 Å². The molecule has 0 unspecified atom stereocenters. The van der Waals surface area contributed by atoms with E-state index in [2.05, 4.69) is 15.9 Å². The van der Waals surface area contributed by atoms with Crippen molar-refractivity contribution >= 4 is 21.7 Å². The molecule has 0 aliphatic heterocycles. The van der Waals surface area contributed by atoms with Crippen molar-refractivity contribution in [3.63, 3.8) is 0 Å². The second-order valence-electron chi connectivity index (χ2n) is 2.32. The van der Waals surface area contributed by atoms with Gasteiger partial charge in [-0.2, -0.15) is 0 Å². The summed E-state index contributed by atoms with van der Waals surface area (Å²) < 4.78 is 0. The Labute approximate surface area is 57.6 Å². The summed E-state index contributed by atoms with van der Waals surface area (Å²) in [5.41, 5.74) is 0. The number of alkyl halides is 1. The fraction of sp³-hybridized carbons (Fsp3) is 0.833. The molecule has 0 aromatic heterocycles. The van der Waals surface area contributed by atoms with E-state index in [1.807, 2.05) is 0 Å². The number of hydrogen-bond donors (Lipinski definition) is 0. The van der Waals surface area contributed by atoms with Crippen LogP contribution in [-0.2, 0) is 4.79 Å². The van der Waals surface area contributed by atoms with Gasteiger partial charge in [-0.05, 0) is 18.8 Å². The molecule has 0 heterocycles. The van der Waals surface area contributed by atoms with Gasteiger partial charge in [0.15, 0.2) is 0 Å². The summed E-state index contributed by atoms with van der Waals surface area (Å²) in [6.45, 7) is 0. The zero-order chi connectivity index (χ0) is 5.98. The minimum Gasteiger partial charge on any atom is -0.299 e. The van der Waals surface area contributed by atoms with Crippen molar-refractivity contribution in [2.45, 2.75) is 19.3 Å². The first-order valence-corrected chi connectivity index (χ1v) is 4.02. The number of carbonyl (C=O) groups is 1. The smallest absolute Gasteiger partial charge is 0.143 e. The molecule has 2 heteroatoms. The summed E-state index contributed by atoms with van der Waals surface area (Å²) in [5, 5.41) is 0.545. The molecule has 8 heavy (non-hydrogen) atoms. The number of hydrogen-bond acceptors (Lipinski definition) is 1. The third-order valence-corrected chi connectivity index (χ3v) is 1.99. The molecule has 1 aliphatic rings. The van der Waals surface area contributed by atoms with Crippen LogP contribution >= 0.6 is 15.9 Å². The van der Waals surface area contributed by atoms with Crippen molar-refractivity contribution in [2.24, 2.45) is 5.92 Å². The molecule has 1 rings (SSSR count). The highest BCUT2D eigenvalue weighted by Gasteiger charge is 2.23.